The maximum absolute atomic E-state index is 12.2. The molecule has 144 valence electrons. The molecule has 2 amide bonds. The molecule has 0 unspecified atom stereocenters. The van der Waals surface area contributed by atoms with E-state index >= 15 is 0 Å². The van der Waals surface area contributed by atoms with Gasteiger partial charge < -0.3 is 14.2 Å². The van der Waals surface area contributed by atoms with Gasteiger partial charge in [0.1, 0.15) is 5.75 Å². The lowest BCUT2D eigenvalue weighted by Crippen LogP contribution is -2.43. The van der Waals surface area contributed by atoms with Crippen LogP contribution in [0.15, 0.2) is 39.3 Å². The molecule has 0 aliphatic carbocycles. The van der Waals surface area contributed by atoms with Crippen molar-refractivity contribution in [3.8, 4) is 17.2 Å². The van der Waals surface area contributed by atoms with Crippen LogP contribution in [0.2, 0.25) is 0 Å². The summed E-state index contributed by atoms with van der Waals surface area (Å²) in [6, 6.07) is 8.36. The third-order valence-electron chi connectivity index (χ3n) is 3.50. The van der Waals surface area contributed by atoms with E-state index in [0.29, 0.717) is 22.8 Å². The monoisotopic (exact) mass is 500 g/mol. The van der Waals surface area contributed by atoms with Crippen LogP contribution in [0, 0.1) is 6.92 Å². The molecule has 0 radical (unpaired) electrons. The quantitative estimate of drug-likeness (QED) is 0.592. The van der Waals surface area contributed by atoms with Gasteiger partial charge in [0.05, 0.1) is 18.7 Å². The zero-order valence-corrected chi connectivity index (χ0v) is 18.1. The number of benzene rings is 2. The molecule has 2 aromatic carbocycles. The van der Waals surface area contributed by atoms with E-state index < -0.39 is 11.8 Å². The highest BCUT2D eigenvalue weighted by molar-refractivity contribution is 9.11. The van der Waals surface area contributed by atoms with E-state index in [2.05, 4.69) is 42.7 Å². The van der Waals surface area contributed by atoms with Crippen LogP contribution in [-0.2, 0) is 4.79 Å². The molecule has 7 nitrogen and oxygen atoms in total. The summed E-state index contributed by atoms with van der Waals surface area (Å²) in [7, 11) is 2.98. The van der Waals surface area contributed by atoms with Crippen LogP contribution in [-0.4, -0.2) is 32.6 Å². The Labute approximate surface area is 173 Å². The number of hydrogen-bond donors (Lipinski definition) is 2. The number of halogens is 2. The average Bonchev–Trinajstić information content (AvgIpc) is 2.64. The lowest BCUT2D eigenvalue weighted by atomic mass is 10.2. The molecular formula is C18H18Br2N2O5. The van der Waals surface area contributed by atoms with Gasteiger partial charge in [-0.2, -0.15) is 0 Å². The van der Waals surface area contributed by atoms with Crippen molar-refractivity contribution in [2.45, 2.75) is 6.92 Å². The normalized spacial score (nSPS) is 10.1. The first-order valence-corrected chi connectivity index (χ1v) is 9.34. The summed E-state index contributed by atoms with van der Waals surface area (Å²) in [5.74, 6) is 0.472. The number of methoxy groups -OCH3 is 2. The molecule has 0 bridgehead atoms. The van der Waals surface area contributed by atoms with Crippen LogP contribution in [0.1, 0.15) is 15.9 Å². The van der Waals surface area contributed by atoms with E-state index in [-0.39, 0.29) is 6.61 Å². The molecule has 27 heavy (non-hydrogen) atoms. The van der Waals surface area contributed by atoms with E-state index in [1.54, 1.807) is 12.1 Å². The van der Waals surface area contributed by atoms with Gasteiger partial charge in [-0.15, -0.1) is 0 Å². The maximum Gasteiger partial charge on any atom is 0.276 e. The molecule has 0 aliphatic heterocycles. The third-order valence-corrected chi connectivity index (χ3v) is 4.55. The predicted octanol–water partition coefficient (Wildman–Crippen LogP) is 3.38. The Morgan fingerprint density at radius 1 is 1.00 bits per heavy atom. The van der Waals surface area contributed by atoms with Crippen molar-refractivity contribution in [1.82, 2.24) is 10.9 Å². The first-order chi connectivity index (χ1) is 12.8. The molecule has 0 spiro atoms. The minimum absolute atomic E-state index is 0.257. The van der Waals surface area contributed by atoms with Crippen molar-refractivity contribution >= 4 is 43.7 Å². The SMILES string of the molecule is COc1ccc(C(=O)NNC(=O)COc2c(C)cc(Br)cc2Br)cc1OC. The van der Waals surface area contributed by atoms with E-state index in [4.69, 9.17) is 14.2 Å². The Morgan fingerprint density at radius 3 is 2.33 bits per heavy atom. The third kappa shape index (κ3) is 5.61. The van der Waals surface area contributed by atoms with Crippen molar-refractivity contribution in [2.75, 3.05) is 20.8 Å². The minimum atomic E-state index is -0.502. The number of amides is 2. The molecule has 0 atom stereocenters. The van der Waals surface area contributed by atoms with Crippen LogP contribution >= 0.6 is 31.9 Å². The van der Waals surface area contributed by atoms with E-state index in [1.165, 1.54) is 20.3 Å². The summed E-state index contributed by atoms with van der Waals surface area (Å²) in [6.07, 6.45) is 0. The minimum Gasteiger partial charge on any atom is -0.493 e. The molecule has 0 fully saturated rings. The number of nitrogens with one attached hydrogen (secondary N) is 2. The van der Waals surface area contributed by atoms with Crippen molar-refractivity contribution in [2.24, 2.45) is 0 Å². The largest absolute Gasteiger partial charge is 0.493 e. The summed E-state index contributed by atoms with van der Waals surface area (Å²) in [5, 5.41) is 0. The Morgan fingerprint density at radius 2 is 1.70 bits per heavy atom. The molecule has 0 aliphatic rings. The van der Waals surface area contributed by atoms with Crippen LogP contribution < -0.4 is 25.1 Å². The molecule has 0 heterocycles. The second-order valence-corrected chi connectivity index (χ2v) is 7.16. The smallest absolute Gasteiger partial charge is 0.276 e. The Hall–Kier alpha value is -2.26. The lowest BCUT2D eigenvalue weighted by Gasteiger charge is -2.13. The average molecular weight is 502 g/mol. The fourth-order valence-corrected chi connectivity index (χ4v) is 3.77. The second-order valence-electron chi connectivity index (χ2n) is 5.39. The zero-order chi connectivity index (χ0) is 20.0. The van der Waals surface area contributed by atoms with Crippen molar-refractivity contribution in [3.63, 3.8) is 0 Å². The van der Waals surface area contributed by atoms with Crippen LogP contribution in [0.25, 0.3) is 0 Å². The number of rotatable bonds is 6. The number of carbonyl (C=O) groups excluding carboxylic acids is 2. The van der Waals surface area contributed by atoms with Gasteiger partial charge in [-0.05, 0) is 58.7 Å². The molecule has 0 aromatic heterocycles. The summed E-state index contributed by atoms with van der Waals surface area (Å²) in [4.78, 5) is 24.1. The molecule has 9 heteroatoms. The zero-order valence-electron chi connectivity index (χ0n) is 14.9. The Balaban J connectivity index is 1.91. The standard InChI is InChI=1S/C18H18Br2N2O5/c1-10-6-12(19)8-13(20)17(10)27-9-16(23)21-22-18(24)11-4-5-14(25-2)15(7-11)26-3/h4-8H,9H2,1-3H3,(H,21,23)(H,22,24). The number of carbonyl (C=O) groups is 2. The van der Waals surface area contributed by atoms with Gasteiger partial charge in [0, 0.05) is 10.0 Å². The second kappa shape index (κ2) is 9.61. The van der Waals surface area contributed by atoms with Gasteiger partial charge in [0.15, 0.2) is 18.1 Å². The van der Waals surface area contributed by atoms with Gasteiger partial charge in [0.2, 0.25) is 0 Å². The molecule has 2 N–H and O–H groups in total. The van der Waals surface area contributed by atoms with Gasteiger partial charge in [0.25, 0.3) is 11.8 Å². The van der Waals surface area contributed by atoms with E-state index in [9.17, 15) is 9.59 Å². The highest BCUT2D eigenvalue weighted by Gasteiger charge is 2.13. The highest BCUT2D eigenvalue weighted by atomic mass is 79.9. The molecule has 2 aromatic rings. The molecule has 2 rings (SSSR count). The fraction of sp³-hybridized carbons (Fsp3) is 0.222. The molecule has 0 saturated carbocycles. The summed E-state index contributed by atoms with van der Waals surface area (Å²) >= 11 is 6.77. The van der Waals surface area contributed by atoms with Gasteiger partial charge in [-0.3, -0.25) is 20.4 Å². The number of hydrazine groups is 1. The van der Waals surface area contributed by atoms with E-state index in [1.807, 2.05) is 19.1 Å². The van der Waals surface area contributed by atoms with E-state index in [0.717, 1.165) is 14.5 Å². The number of ether oxygens (including phenoxy) is 3. The van der Waals surface area contributed by atoms with Crippen molar-refractivity contribution in [3.05, 3.63) is 50.4 Å². The first kappa shape index (κ1) is 21.0. The lowest BCUT2D eigenvalue weighted by molar-refractivity contribution is -0.123. The van der Waals surface area contributed by atoms with Crippen LogP contribution in [0.5, 0.6) is 17.2 Å². The Bertz CT molecular complexity index is 835. The fourth-order valence-electron chi connectivity index (χ4n) is 2.22. The maximum atomic E-state index is 12.2. The predicted molar refractivity (Wildman–Crippen MR) is 107 cm³/mol. The summed E-state index contributed by atoms with van der Waals surface area (Å²) < 4.78 is 17.4. The number of hydrogen-bond acceptors (Lipinski definition) is 5. The van der Waals surface area contributed by atoms with Crippen LogP contribution in [0.4, 0.5) is 0 Å². The molecular weight excluding hydrogens is 484 g/mol. The highest BCUT2D eigenvalue weighted by Crippen LogP contribution is 2.32. The van der Waals surface area contributed by atoms with Crippen LogP contribution in [0.3, 0.4) is 0 Å². The first-order valence-electron chi connectivity index (χ1n) is 7.75. The van der Waals surface area contributed by atoms with Gasteiger partial charge >= 0.3 is 0 Å². The molecule has 0 saturated heterocycles. The van der Waals surface area contributed by atoms with Gasteiger partial charge in [-0.25, -0.2) is 0 Å². The van der Waals surface area contributed by atoms with Crippen molar-refractivity contribution in [1.29, 1.82) is 0 Å². The summed E-state index contributed by atoms with van der Waals surface area (Å²) in [5.41, 5.74) is 5.80. The Kier molecular flexibility index (Phi) is 7.49. The summed E-state index contributed by atoms with van der Waals surface area (Å²) in [6.45, 7) is 1.61. The van der Waals surface area contributed by atoms with Gasteiger partial charge in [-0.1, -0.05) is 15.9 Å². The van der Waals surface area contributed by atoms with Crippen molar-refractivity contribution < 1.29 is 23.8 Å². The number of aryl methyl sites for hydroxylation is 1. The topological polar surface area (TPSA) is 85.9 Å².